The van der Waals surface area contributed by atoms with Crippen LogP contribution < -0.4 is 9.47 Å². The van der Waals surface area contributed by atoms with Gasteiger partial charge in [-0.05, 0) is 38.0 Å². The van der Waals surface area contributed by atoms with Crippen molar-refractivity contribution in [2.75, 3.05) is 33.1 Å². The van der Waals surface area contributed by atoms with E-state index in [1.807, 2.05) is 11.0 Å². The average Bonchev–Trinajstić information content (AvgIpc) is 3.06. The Hall–Kier alpha value is -2.68. The fourth-order valence-corrected chi connectivity index (χ4v) is 4.16. The van der Waals surface area contributed by atoms with Gasteiger partial charge in [-0.25, -0.2) is 15.0 Å². The topological polar surface area (TPSA) is 94.5 Å². The molecule has 0 unspecified atom stereocenters. The molecule has 0 aliphatic carbocycles. The van der Waals surface area contributed by atoms with E-state index in [-0.39, 0.29) is 23.9 Å². The van der Waals surface area contributed by atoms with Crippen LogP contribution >= 0.6 is 11.8 Å². The van der Waals surface area contributed by atoms with Crippen LogP contribution in [0.5, 0.6) is 11.5 Å². The minimum atomic E-state index is -0.0407. The first kappa shape index (κ1) is 23.0. The molecule has 1 aromatic carbocycles. The van der Waals surface area contributed by atoms with E-state index < -0.39 is 0 Å². The first-order valence-electron chi connectivity index (χ1n) is 10.4. The lowest BCUT2D eigenvalue weighted by Crippen LogP contribution is -2.33. The Bertz CT molecular complexity index is 930. The molecule has 8 nitrogen and oxygen atoms in total. The molecule has 166 valence electrons. The van der Waals surface area contributed by atoms with E-state index >= 15 is 0 Å². The number of ether oxygens (including phenoxy) is 2. The minimum absolute atomic E-state index is 0.0407. The molecule has 0 bridgehead atoms. The first-order chi connectivity index (χ1) is 15.0. The number of methoxy groups -OCH3 is 2. The summed E-state index contributed by atoms with van der Waals surface area (Å²) in [7, 11) is 3.13. The zero-order valence-corrected chi connectivity index (χ0v) is 19.0. The molecule has 0 spiro atoms. The van der Waals surface area contributed by atoms with Crippen molar-refractivity contribution < 1.29 is 19.1 Å². The highest BCUT2D eigenvalue weighted by molar-refractivity contribution is 7.99. The van der Waals surface area contributed by atoms with Crippen molar-refractivity contribution in [1.29, 1.82) is 0 Å². The van der Waals surface area contributed by atoms with Gasteiger partial charge in [0.15, 0.2) is 22.5 Å². The molecule has 2 heterocycles. The fraction of sp³-hybridized carbons (Fsp3) is 0.500. The van der Waals surface area contributed by atoms with Crippen molar-refractivity contribution in [1.82, 2.24) is 19.9 Å². The lowest BCUT2D eigenvalue weighted by molar-refractivity contribution is -0.128. The van der Waals surface area contributed by atoms with E-state index in [1.165, 1.54) is 31.5 Å². The summed E-state index contributed by atoms with van der Waals surface area (Å²) in [4.78, 5) is 39.6. The smallest absolute Gasteiger partial charge is 0.233 e. The van der Waals surface area contributed by atoms with Gasteiger partial charge in [-0.15, -0.1) is 0 Å². The van der Waals surface area contributed by atoms with Crippen molar-refractivity contribution in [2.24, 2.45) is 0 Å². The van der Waals surface area contributed by atoms with Crippen molar-refractivity contribution >= 4 is 23.5 Å². The summed E-state index contributed by atoms with van der Waals surface area (Å²) in [6.45, 7) is 3.11. The number of aromatic nitrogens is 3. The van der Waals surface area contributed by atoms with Gasteiger partial charge >= 0.3 is 0 Å². The largest absolute Gasteiger partial charge is 0.493 e. The van der Waals surface area contributed by atoms with Crippen LogP contribution in [0.15, 0.2) is 23.4 Å². The van der Waals surface area contributed by atoms with E-state index in [1.54, 1.807) is 26.4 Å². The third-order valence-corrected chi connectivity index (χ3v) is 5.83. The van der Waals surface area contributed by atoms with Crippen LogP contribution in [0.2, 0.25) is 0 Å². The van der Waals surface area contributed by atoms with Crippen molar-refractivity contribution in [2.45, 2.75) is 44.2 Å². The molecule has 1 amide bonds. The van der Waals surface area contributed by atoms with Crippen LogP contribution in [-0.2, 0) is 16.0 Å². The normalized spacial score (nSPS) is 14.1. The molecule has 31 heavy (non-hydrogen) atoms. The van der Waals surface area contributed by atoms with Crippen molar-refractivity contribution in [3.8, 4) is 22.9 Å². The number of thioether (sulfide) groups is 1. The number of hydrogen-bond acceptors (Lipinski definition) is 8. The minimum Gasteiger partial charge on any atom is -0.493 e. The number of likely N-dealkylation sites (tertiary alicyclic amines) is 1. The van der Waals surface area contributed by atoms with Crippen LogP contribution in [-0.4, -0.2) is 64.6 Å². The lowest BCUT2D eigenvalue weighted by atomic mass is 10.2. The van der Waals surface area contributed by atoms with Gasteiger partial charge in [-0.1, -0.05) is 24.6 Å². The second-order valence-corrected chi connectivity index (χ2v) is 8.33. The summed E-state index contributed by atoms with van der Waals surface area (Å²) in [6.07, 6.45) is 4.56. The molecule has 0 N–H and O–H groups in total. The Labute approximate surface area is 186 Å². The predicted octanol–water partition coefficient (Wildman–Crippen LogP) is 3.18. The Morgan fingerprint density at radius 3 is 2.35 bits per heavy atom. The van der Waals surface area contributed by atoms with Gasteiger partial charge in [-0.3, -0.25) is 9.59 Å². The Morgan fingerprint density at radius 1 is 1.00 bits per heavy atom. The maximum Gasteiger partial charge on any atom is 0.233 e. The molecule has 1 aliphatic heterocycles. The number of Topliss-reactive ketones (excluding diaryl/α,β-unsaturated/α-hetero) is 1. The summed E-state index contributed by atoms with van der Waals surface area (Å²) in [5, 5.41) is 0.430. The van der Waals surface area contributed by atoms with Crippen molar-refractivity contribution in [3.05, 3.63) is 24.0 Å². The molecule has 0 atom stereocenters. The lowest BCUT2D eigenvalue weighted by Gasteiger charge is -2.19. The van der Waals surface area contributed by atoms with Gasteiger partial charge in [0.2, 0.25) is 5.91 Å². The molecule has 0 saturated carbocycles. The number of hydrogen-bond donors (Lipinski definition) is 0. The third kappa shape index (κ3) is 6.40. The average molecular weight is 445 g/mol. The summed E-state index contributed by atoms with van der Waals surface area (Å²) in [6, 6.07) is 5.38. The summed E-state index contributed by atoms with van der Waals surface area (Å²) in [5.74, 6) is 2.28. The Kier molecular flexibility index (Phi) is 8.22. The standard InChI is InChI=1S/C22H28N4O4S/c1-15(27)12-19-23-21(16-8-9-17(29-2)18(13-16)30-3)25-22(24-19)31-14-20(28)26-10-6-4-5-7-11-26/h8-9,13H,4-7,10-12,14H2,1-3H3. The van der Waals surface area contributed by atoms with Crippen LogP contribution in [0, 0.1) is 0 Å². The monoisotopic (exact) mass is 444 g/mol. The number of rotatable bonds is 8. The summed E-state index contributed by atoms with van der Waals surface area (Å²) < 4.78 is 10.7. The molecule has 1 aromatic heterocycles. The SMILES string of the molecule is COc1ccc(-c2nc(CC(C)=O)nc(SCC(=O)N3CCCCCC3)n2)cc1OC. The highest BCUT2D eigenvalue weighted by Gasteiger charge is 2.18. The summed E-state index contributed by atoms with van der Waals surface area (Å²) in [5.41, 5.74) is 0.713. The van der Waals surface area contributed by atoms with Gasteiger partial charge in [0.05, 0.1) is 26.4 Å². The Morgan fingerprint density at radius 2 is 1.71 bits per heavy atom. The van der Waals surface area contributed by atoms with E-state index in [9.17, 15) is 9.59 Å². The molecular weight excluding hydrogens is 416 g/mol. The van der Waals surface area contributed by atoms with E-state index in [4.69, 9.17) is 9.47 Å². The number of carbonyl (C=O) groups is 2. The third-order valence-electron chi connectivity index (χ3n) is 4.99. The maximum atomic E-state index is 12.6. The van der Waals surface area contributed by atoms with Gasteiger partial charge in [0.1, 0.15) is 11.6 Å². The van der Waals surface area contributed by atoms with Crippen LogP contribution in [0.4, 0.5) is 0 Å². The van der Waals surface area contributed by atoms with Crippen LogP contribution in [0.25, 0.3) is 11.4 Å². The zero-order chi connectivity index (χ0) is 22.2. The molecule has 9 heteroatoms. The van der Waals surface area contributed by atoms with Crippen molar-refractivity contribution in [3.63, 3.8) is 0 Å². The van der Waals surface area contributed by atoms with Gasteiger partial charge in [0, 0.05) is 18.7 Å². The molecule has 1 saturated heterocycles. The second kappa shape index (κ2) is 11.1. The van der Waals surface area contributed by atoms with Gasteiger partial charge in [0.25, 0.3) is 0 Å². The van der Waals surface area contributed by atoms with Gasteiger partial charge < -0.3 is 14.4 Å². The number of nitrogens with zero attached hydrogens (tertiary/aromatic N) is 4. The maximum absolute atomic E-state index is 12.6. The molecule has 2 aromatic rings. The second-order valence-electron chi connectivity index (χ2n) is 7.39. The highest BCUT2D eigenvalue weighted by Crippen LogP contribution is 2.31. The molecule has 1 aliphatic rings. The summed E-state index contributed by atoms with van der Waals surface area (Å²) >= 11 is 1.28. The quantitative estimate of drug-likeness (QED) is 0.573. The molecular formula is C22H28N4O4S. The van der Waals surface area contributed by atoms with E-state index in [0.29, 0.717) is 33.9 Å². The zero-order valence-electron chi connectivity index (χ0n) is 18.2. The highest BCUT2D eigenvalue weighted by atomic mass is 32.2. The predicted molar refractivity (Wildman–Crippen MR) is 119 cm³/mol. The molecule has 0 radical (unpaired) electrons. The Balaban J connectivity index is 1.83. The number of benzene rings is 1. The van der Waals surface area contributed by atoms with Crippen LogP contribution in [0.1, 0.15) is 38.4 Å². The first-order valence-corrected chi connectivity index (χ1v) is 11.4. The molecule has 3 rings (SSSR count). The number of carbonyl (C=O) groups excluding carboxylic acids is 2. The number of amides is 1. The number of ketones is 1. The van der Waals surface area contributed by atoms with E-state index in [0.717, 1.165) is 25.9 Å². The van der Waals surface area contributed by atoms with Gasteiger partial charge in [-0.2, -0.15) is 0 Å². The van der Waals surface area contributed by atoms with Crippen LogP contribution in [0.3, 0.4) is 0 Å². The van der Waals surface area contributed by atoms with E-state index in [2.05, 4.69) is 15.0 Å². The fourth-order valence-electron chi connectivity index (χ4n) is 3.41. The molecule has 1 fully saturated rings.